The third kappa shape index (κ3) is 4.37. The molecular weight excluding hydrogens is 460 g/mol. The van der Waals surface area contributed by atoms with Gasteiger partial charge in [-0.2, -0.15) is 0 Å². The van der Waals surface area contributed by atoms with E-state index in [1.165, 1.54) is 12.1 Å². The van der Waals surface area contributed by atoms with Crippen LogP contribution in [0.3, 0.4) is 0 Å². The van der Waals surface area contributed by atoms with Gasteiger partial charge in [-0.1, -0.05) is 18.2 Å². The van der Waals surface area contributed by atoms with Gasteiger partial charge in [-0.05, 0) is 35.4 Å². The molecule has 2 radical (unpaired) electrons. The minimum Gasteiger partial charge on any atom is -0.744 e. The summed E-state index contributed by atoms with van der Waals surface area (Å²) in [6.45, 7) is 0. The van der Waals surface area contributed by atoms with Crippen LogP contribution in [0.2, 0.25) is 0 Å². The molecule has 0 N–H and O–H groups in total. The quantitative estimate of drug-likeness (QED) is 0.380. The molecule has 6 heteroatoms. The van der Waals surface area contributed by atoms with Crippen molar-refractivity contribution >= 4 is 28.1 Å². The van der Waals surface area contributed by atoms with Gasteiger partial charge in [-0.3, -0.25) is 0 Å². The van der Waals surface area contributed by atoms with E-state index in [1.807, 2.05) is 12.5 Å². The third-order valence-corrected chi connectivity index (χ3v) is 3.04. The molecule has 0 aromatic heterocycles. The summed E-state index contributed by atoms with van der Waals surface area (Å²) in [6, 6.07) is 5.85. The van der Waals surface area contributed by atoms with Crippen molar-refractivity contribution in [1.29, 1.82) is 0 Å². The molecule has 0 unspecified atom stereocenters. The van der Waals surface area contributed by atoms with Gasteiger partial charge in [-0.25, -0.2) is 8.42 Å². The normalized spacial score (nSPS) is 13.3. The number of benzene rings is 1. The largest absolute Gasteiger partial charge is 1.00 e. The topological polar surface area (TPSA) is 57.2 Å². The molecule has 0 amide bonds. The molecule has 0 saturated carbocycles. The van der Waals surface area contributed by atoms with Crippen molar-refractivity contribution in [3.8, 4) is 0 Å². The van der Waals surface area contributed by atoms with E-state index < -0.39 is 10.1 Å². The van der Waals surface area contributed by atoms with Gasteiger partial charge < -0.3 is 4.55 Å². The SMILES string of the molecule is Cl.O=S(=O)([O-])c1ccc(C2=CC=C=C[CH]2)cc1.[Hg+]. The van der Waals surface area contributed by atoms with Gasteiger partial charge in [0.05, 0.1) is 4.90 Å². The first kappa shape index (κ1) is 17.6. The Kier molecular flexibility index (Phi) is 7.11. The molecule has 0 fully saturated rings. The molecule has 90 valence electrons. The summed E-state index contributed by atoms with van der Waals surface area (Å²) in [5.74, 6) is 0. The summed E-state index contributed by atoms with van der Waals surface area (Å²) < 4.78 is 32.2. The Labute approximate surface area is 133 Å². The summed E-state index contributed by atoms with van der Waals surface area (Å²) in [5, 5.41) is 0. The molecule has 1 aliphatic rings. The van der Waals surface area contributed by atoms with E-state index in [0.29, 0.717) is 0 Å². The number of halogens is 1. The predicted molar refractivity (Wildman–Crippen MR) is 66.6 cm³/mol. The monoisotopic (exact) mass is 470 g/mol. The molecule has 0 spiro atoms. The zero-order chi connectivity index (χ0) is 11.6. The number of rotatable bonds is 2. The fourth-order valence-corrected chi connectivity index (χ4v) is 1.86. The van der Waals surface area contributed by atoms with Crippen LogP contribution in [0.4, 0.5) is 0 Å². The van der Waals surface area contributed by atoms with Gasteiger partial charge >= 0.3 is 27.7 Å². The molecule has 0 bridgehead atoms. The van der Waals surface area contributed by atoms with Crippen LogP contribution in [-0.4, -0.2) is 13.0 Å². The Hall–Kier alpha value is -0.385. The minimum absolute atomic E-state index is 0. The van der Waals surface area contributed by atoms with Gasteiger partial charge in [0.1, 0.15) is 10.1 Å². The fraction of sp³-hybridized carbons (Fsp3) is 0. The van der Waals surface area contributed by atoms with Crippen molar-refractivity contribution < 1.29 is 40.6 Å². The van der Waals surface area contributed by atoms with E-state index in [4.69, 9.17) is 0 Å². The first-order valence-corrected chi connectivity index (χ1v) is 6.01. The summed E-state index contributed by atoms with van der Waals surface area (Å²) in [7, 11) is -4.36. The van der Waals surface area contributed by atoms with Crippen molar-refractivity contribution in [2.75, 3.05) is 0 Å². The van der Waals surface area contributed by atoms with E-state index in [-0.39, 0.29) is 45.0 Å². The number of hydrogen-bond donors (Lipinski definition) is 0. The van der Waals surface area contributed by atoms with Crippen LogP contribution < -0.4 is 0 Å². The minimum atomic E-state index is -4.36. The molecule has 1 aliphatic carbocycles. The maximum absolute atomic E-state index is 10.7. The summed E-state index contributed by atoms with van der Waals surface area (Å²) in [6.07, 6.45) is 7.27. The average Bonchev–Trinajstić information content (AvgIpc) is 2.29. The zero-order valence-electron chi connectivity index (χ0n) is 9.37. The fourth-order valence-electron chi connectivity index (χ4n) is 1.39. The Morgan fingerprint density at radius 1 is 1.06 bits per heavy atom. The Bertz CT molecular complexity index is 597. The average molecular weight is 469 g/mol. The molecule has 1 aromatic carbocycles. The van der Waals surface area contributed by atoms with Crippen LogP contribution in [0, 0.1) is 6.42 Å². The second-order valence-electron chi connectivity index (χ2n) is 3.27. The Morgan fingerprint density at radius 3 is 2.11 bits per heavy atom. The van der Waals surface area contributed by atoms with Crippen molar-refractivity contribution in [1.82, 2.24) is 0 Å². The predicted octanol–water partition coefficient (Wildman–Crippen LogP) is 2.32. The van der Waals surface area contributed by atoms with Gasteiger partial charge in [0.15, 0.2) is 0 Å². The maximum Gasteiger partial charge on any atom is 1.00 e. The molecule has 3 nitrogen and oxygen atoms in total. The zero-order valence-corrected chi connectivity index (χ0v) is 16.5. The van der Waals surface area contributed by atoms with E-state index in [9.17, 15) is 13.0 Å². The standard InChI is InChI=1S/C12H9O3S.ClH.Hg/c13-16(14,15)12-8-6-11(7-9-12)10-4-2-1-3-5-10;;/h2-9H,(H,13,14,15);1H;/q;;+1/p-1. The van der Waals surface area contributed by atoms with Crippen LogP contribution in [0.25, 0.3) is 5.57 Å². The van der Waals surface area contributed by atoms with Gasteiger partial charge in [0, 0.05) is 6.42 Å². The van der Waals surface area contributed by atoms with Crippen LogP contribution in [0.15, 0.2) is 53.1 Å². The second kappa shape index (κ2) is 7.26. The van der Waals surface area contributed by atoms with Crippen molar-refractivity contribution in [2.24, 2.45) is 0 Å². The first-order valence-electron chi connectivity index (χ1n) is 4.60. The number of allylic oxidation sites excluding steroid dienone is 3. The summed E-state index contributed by atoms with van der Waals surface area (Å²) >= 11 is 0. The van der Waals surface area contributed by atoms with Gasteiger partial charge in [0.25, 0.3) is 0 Å². The molecule has 0 saturated heterocycles. The summed E-state index contributed by atoms with van der Waals surface area (Å²) in [4.78, 5) is -0.209. The van der Waals surface area contributed by atoms with Crippen LogP contribution in [0.5, 0.6) is 0 Å². The number of hydrogen-bond acceptors (Lipinski definition) is 3. The molecule has 0 aliphatic heterocycles. The third-order valence-electron chi connectivity index (χ3n) is 2.19. The van der Waals surface area contributed by atoms with Crippen molar-refractivity contribution in [2.45, 2.75) is 4.90 Å². The maximum atomic E-state index is 10.7. The smallest absolute Gasteiger partial charge is 0.744 e. The Balaban J connectivity index is 0.00000144. The molecule has 1 aromatic rings. The van der Waals surface area contributed by atoms with E-state index in [2.05, 4.69) is 5.73 Å². The van der Waals surface area contributed by atoms with E-state index in [0.717, 1.165) is 11.1 Å². The Morgan fingerprint density at radius 2 is 1.67 bits per heavy atom. The second-order valence-corrected chi connectivity index (χ2v) is 4.65. The van der Waals surface area contributed by atoms with Crippen LogP contribution in [0.1, 0.15) is 5.56 Å². The molecule has 18 heavy (non-hydrogen) atoms. The van der Waals surface area contributed by atoms with Gasteiger partial charge in [-0.15, -0.1) is 18.1 Å². The van der Waals surface area contributed by atoms with E-state index in [1.54, 1.807) is 24.3 Å². The van der Waals surface area contributed by atoms with E-state index >= 15 is 0 Å². The summed E-state index contributed by atoms with van der Waals surface area (Å²) in [5.41, 5.74) is 4.71. The molecular formula is C12H9ClHgO3S. The van der Waals surface area contributed by atoms with Crippen molar-refractivity contribution in [3.05, 3.63) is 60.2 Å². The first-order chi connectivity index (χ1) is 7.57. The van der Waals surface area contributed by atoms with Crippen LogP contribution >= 0.6 is 12.4 Å². The van der Waals surface area contributed by atoms with Crippen molar-refractivity contribution in [3.63, 3.8) is 0 Å². The van der Waals surface area contributed by atoms with Crippen LogP contribution in [-0.2, 0) is 37.8 Å². The molecule has 2 rings (SSSR count). The molecule has 0 atom stereocenters. The van der Waals surface area contributed by atoms with Gasteiger partial charge in [0.2, 0.25) is 0 Å². The molecule has 0 heterocycles.